The van der Waals surface area contributed by atoms with E-state index in [0.29, 0.717) is 24.1 Å². The van der Waals surface area contributed by atoms with Crippen molar-refractivity contribution >= 4 is 11.9 Å². The fourth-order valence-electron chi connectivity index (χ4n) is 5.01. The van der Waals surface area contributed by atoms with Crippen molar-refractivity contribution in [2.45, 2.75) is 56.0 Å². The molecule has 3 atom stereocenters. The summed E-state index contributed by atoms with van der Waals surface area (Å²) < 4.78 is 43.3. The molecule has 1 amide bonds. The van der Waals surface area contributed by atoms with E-state index in [9.17, 15) is 22.8 Å². The van der Waals surface area contributed by atoms with Gasteiger partial charge in [0.15, 0.2) is 0 Å². The fraction of sp³-hybridized carbons (Fsp3) is 0.440. The number of ether oxygens (including phenoxy) is 1. The van der Waals surface area contributed by atoms with Crippen LogP contribution in [0.5, 0.6) is 0 Å². The van der Waals surface area contributed by atoms with Gasteiger partial charge in [0.1, 0.15) is 0 Å². The van der Waals surface area contributed by atoms with Gasteiger partial charge in [-0.25, -0.2) is 4.79 Å². The van der Waals surface area contributed by atoms with E-state index in [0.717, 1.165) is 48.9 Å². The number of alkyl halides is 3. The number of benzene rings is 2. The van der Waals surface area contributed by atoms with Crippen molar-refractivity contribution in [3.63, 3.8) is 0 Å². The molecule has 8 heteroatoms. The zero-order valence-electron chi connectivity index (χ0n) is 18.2. The van der Waals surface area contributed by atoms with Gasteiger partial charge in [0, 0.05) is 12.6 Å². The normalized spacial score (nSPS) is 25.3. The molecule has 33 heavy (non-hydrogen) atoms. The molecule has 2 aliphatic carbocycles. The van der Waals surface area contributed by atoms with Crippen molar-refractivity contribution in [3.8, 4) is 0 Å². The first-order valence-corrected chi connectivity index (χ1v) is 11.1. The molecular formula is C25H25F3N2O3. The summed E-state index contributed by atoms with van der Waals surface area (Å²) in [5.74, 6) is 0.0351. The Morgan fingerprint density at radius 3 is 2.30 bits per heavy atom. The van der Waals surface area contributed by atoms with Crippen LogP contribution in [0.3, 0.4) is 0 Å². The van der Waals surface area contributed by atoms with Gasteiger partial charge in [0.2, 0.25) is 5.91 Å². The molecule has 0 aromatic heterocycles. The van der Waals surface area contributed by atoms with Gasteiger partial charge in [-0.05, 0) is 67.0 Å². The van der Waals surface area contributed by atoms with Crippen molar-refractivity contribution in [3.05, 3.63) is 70.8 Å². The minimum Gasteiger partial charge on any atom is -0.465 e. The maximum Gasteiger partial charge on any atom is 0.416 e. The number of likely N-dealkylation sites (tertiary alicyclic amines) is 1. The SMILES string of the molecule is COC(=O)c1ccc(C2(NC(=O)[C@H]3C[C@H]4CC4N3Cc3ccc(C(F)(F)F)cc3)CC2)cc1. The largest absolute Gasteiger partial charge is 0.465 e. The number of nitrogens with zero attached hydrogens (tertiary/aromatic N) is 1. The number of nitrogens with one attached hydrogen (secondary N) is 1. The lowest BCUT2D eigenvalue weighted by Crippen LogP contribution is -2.48. The number of carbonyl (C=O) groups is 2. The average molecular weight is 458 g/mol. The number of piperidine rings is 1. The van der Waals surface area contributed by atoms with E-state index in [-0.39, 0.29) is 11.9 Å². The molecule has 3 fully saturated rings. The predicted molar refractivity (Wildman–Crippen MR) is 114 cm³/mol. The molecule has 0 bridgehead atoms. The van der Waals surface area contributed by atoms with Gasteiger partial charge in [-0.15, -0.1) is 0 Å². The average Bonchev–Trinajstić information content (AvgIpc) is 3.72. The fourth-order valence-corrected chi connectivity index (χ4v) is 5.01. The van der Waals surface area contributed by atoms with E-state index in [1.807, 2.05) is 12.1 Å². The lowest BCUT2D eigenvalue weighted by Gasteiger charge is -2.29. The zero-order valence-corrected chi connectivity index (χ0v) is 18.2. The van der Waals surface area contributed by atoms with Crippen molar-refractivity contribution < 1.29 is 27.5 Å². The predicted octanol–water partition coefficient (Wildman–Crippen LogP) is 4.26. The second kappa shape index (κ2) is 7.87. The van der Waals surface area contributed by atoms with E-state index in [4.69, 9.17) is 4.74 Å². The zero-order chi connectivity index (χ0) is 23.4. The van der Waals surface area contributed by atoms with Gasteiger partial charge >= 0.3 is 12.1 Å². The molecule has 5 nitrogen and oxygen atoms in total. The Bertz CT molecular complexity index is 1060. The summed E-state index contributed by atoms with van der Waals surface area (Å²) in [6.07, 6.45) is -0.896. The number of rotatable bonds is 6. The molecule has 2 aromatic rings. The Morgan fingerprint density at radius 2 is 1.73 bits per heavy atom. The van der Waals surface area contributed by atoms with E-state index < -0.39 is 23.2 Å². The third kappa shape index (κ3) is 4.24. The van der Waals surface area contributed by atoms with Crippen LogP contribution >= 0.6 is 0 Å². The van der Waals surface area contributed by atoms with Gasteiger partial charge in [-0.3, -0.25) is 9.69 Å². The summed E-state index contributed by atoms with van der Waals surface area (Å²) in [6.45, 7) is 0.457. The third-order valence-electron chi connectivity index (χ3n) is 7.16. The van der Waals surface area contributed by atoms with Crippen molar-refractivity contribution in [1.82, 2.24) is 10.2 Å². The molecule has 0 radical (unpaired) electrons. The second-order valence-corrected chi connectivity index (χ2v) is 9.32. The third-order valence-corrected chi connectivity index (χ3v) is 7.16. The van der Waals surface area contributed by atoms with Crippen LogP contribution in [0, 0.1) is 5.92 Å². The van der Waals surface area contributed by atoms with Crippen LogP contribution in [-0.4, -0.2) is 36.0 Å². The van der Waals surface area contributed by atoms with Crippen molar-refractivity contribution in [2.24, 2.45) is 5.92 Å². The highest BCUT2D eigenvalue weighted by molar-refractivity contribution is 5.89. The molecule has 1 N–H and O–H groups in total. The molecule has 174 valence electrons. The molecule has 2 saturated carbocycles. The second-order valence-electron chi connectivity index (χ2n) is 9.32. The van der Waals surface area contributed by atoms with Gasteiger partial charge < -0.3 is 10.1 Å². The molecule has 1 heterocycles. The summed E-state index contributed by atoms with van der Waals surface area (Å²) >= 11 is 0. The molecular weight excluding hydrogens is 433 g/mol. The maximum absolute atomic E-state index is 13.3. The molecule has 1 unspecified atom stereocenters. The molecule has 2 aromatic carbocycles. The monoisotopic (exact) mass is 458 g/mol. The molecule has 1 saturated heterocycles. The van der Waals surface area contributed by atoms with Gasteiger partial charge in [0.25, 0.3) is 0 Å². The number of fused-ring (bicyclic) bond motifs is 1. The van der Waals surface area contributed by atoms with E-state index >= 15 is 0 Å². The number of methoxy groups -OCH3 is 1. The van der Waals surface area contributed by atoms with E-state index in [1.165, 1.54) is 19.2 Å². The van der Waals surface area contributed by atoms with E-state index in [1.54, 1.807) is 12.1 Å². The maximum atomic E-state index is 13.3. The number of halogens is 3. The van der Waals surface area contributed by atoms with Gasteiger partial charge in [0.05, 0.1) is 29.8 Å². The van der Waals surface area contributed by atoms with Crippen LogP contribution in [0.2, 0.25) is 0 Å². The van der Waals surface area contributed by atoms with Crippen LogP contribution in [0.25, 0.3) is 0 Å². The quantitative estimate of drug-likeness (QED) is 0.658. The van der Waals surface area contributed by atoms with Crippen LogP contribution in [0.15, 0.2) is 48.5 Å². The van der Waals surface area contributed by atoms with Crippen LogP contribution in [0.1, 0.15) is 52.7 Å². The topological polar surface area (TPSA) is 58.6 Å². The van der Waals surface area contributed by atoms with Crippen molar-refractivity contribution in [1.29, 1.82) is 0 Å². The van der Waals surface area contributed by atoms with E-state index in [2.05, 4.69) is 10.2 Å². The van der Waals surface area contributed by atoms with Crippen LogP contribution in [0.4, 0.5) is 13.2 Å². The molecule has 3 aliphatic rings. The summed E-state index contributed by atoms with van der Waals surface area (Å²) in [5.41, 5.74) is 1.11. The summed E-state index contributed by atoms with van der Waals surface area (Å²) in [5, 5.41) is 3.23. The highest BCUT2D eigenvalue weighted by Gasteiger charge is 2.55. The minimum atomic E-state index is -4.36. The molecule has 0 spiro atoms. The first kappa shape index (κ1) is 21.9. The number of carbonyl (C=O) groups excluding carboxylic acids is 2. The first-order chi connectivity index (χ1) is 15.7. The summed E-state index contributed by atoms with van der Waals surface area (Å²) in [6, 6.07) is 12.3. The standard InChI is InChI=1S/C25H25F3N2O3/c1-33-23(32)16-4-8-18(9-5-16)24(10-11-24)29-22(31)21-13-17-12-20(17)30(21)14-15-2-6-19(7-3-15)25(26,27)28/h2-9,17,20-21H,10-14H2,1H3,(H,29,31)/t17-,20?,21-/m1/s1. The summed E-state index contributed by atoms with van der Waals surface area (Å²) in [7, 11) is 1.33. The first-order valence-electron chi connectivity index (χ1n) is 11.1. The van der Waals surface area contributed by atoms with Gasteiger partial charge in [-0.2, -0.15) is 13.2 Å². The number of esters is 1. The highest BCUT2D eigenvalue weighted by Crippen LogP contribution is 2.50. The Hall–Kier alpha value is -2.87. The number of hydrogen-bond acceptors (Lipinski definition) is 4. The van der Waals surface area contributed by atoms with Crippen molar-refractivity contribution in [2.75, 3.05) is 7.11 Å². The molecule has 5 rings (SSSR count). The highest BCUT2D eigenvalue weighted by atomic mass is 19.4. The lowest BCUT2D eigenvalue weighted by atomic mass is 10.0. The minimum absolute atomic E-state index is 0.0383. The number of hydrogen-bond donors (Lipinski definition) is 1. The number of amides is 1. The van der Waals surface area contributed by atoms with Gasteiger partial charge in [-0.1, -0.05) is 24.3 Å². The Labute approximate surface area is 189 Å². The smallest absolute Gasteiger partial charge is 0.416 e. The van der Waals surface area contributed by atoms with Crippen LogP contribution < -0.4 is 5.32 Å². The molecule has 1 aliphatic heterocycles. The Kier molecular flexibility index (Phi) is 5.23. The lowest BCUT2D eigenvalue weighted by molar-refractivity contribution is -0.137. The van der Waals surface area contributed by atoms with Crippen LogP contribution in [-0.2, 0) is 27.8 Å². The Morgan fingerprint density at radius 1 is 1.06 bits per heavy atom. The summed E-state index contributed by atoms with van der Waals surface area (Å²) in [4.78, 5) is 27.1. The Balaban J connectivity index is 1.27.